The zero-order valence-electron chi connectivity index (χ0n) is 11.0. The topological polar surface area (TPSA) is 50.4 Å². The van der Waals surface area contributed by atoms with E-state index in [-0.39, 0.29) is 11.8 Å². The highest BCUT2D eigenvalue weighted by molar-refractivity contribution is 5.85. The van der Waals surface area contributed by atoms with Crippen molar-refractivity contribution >= 4 is 5.91 Å². The predicted molar refractivity (Wildman–Crippen MR) is 73.3 cm³/mol. The molecule has 1 amide bonds. The van der Waals surface area contributed by atoms with E-state index in [1.54, 1.807) is 0 Å². The second-order valence-electron chi connectivity index (χ2n) is 5.26. The van der Waals surface area contributed by atoms with Crippen molar-refractivity contribution in [1.82, 2.24) is 10.6 Å². The first-order chi connectivity index (χ1) is 9.34. The molecular formula is C15H20N2O2. The van der Waals surface area contributed by atoms with Crippen LogP contribution in [0.4, 0.5) is 0 Å². The monoisotopic (exact) mass is 260 g/mol. The third-order valence-corrected chi connectivity index (χ3v) is 3.96. The van der Waals surface area contributed by atoms with E-state index in [2.05, 4.69) is 10.6 Å². The Morgan fingerprint density at radius 3 is 2.84 bits per heavy atom. The Morgan fingerprint density at radius 2 is 2.00 bits per heavy atom. The summed E-state index contributed by atoms with van der Waals surface area (Å²) in [6, 6.07) is 8.19. The van der Waals surface area contributed by atoms with Gasteiger partial charge in [0.05, 0.1) is 12.5 Å². The molecule has 0 aliphatic carbocycles. The molecule has 4 heteroatoms. The molecular weight excluding hydrogens is 240 g/mol. The molecule has 0 radical (unpaired) electrons. The second kappa shape index (κ2) is 5.61. The number of ether oxygens (including phenoxy) is 1. The van der Waals surface area contributed by atoms with Crippen LogP contribution in [0.15, 0.2) is 24.3 Å². The lowest BCUT2D eigenvalue weighted by molar-refractivity contribution is -0.124. The summed E-state index contributed by atoms with van der Waals surface area (Å²) in [5, 5.41) is 6.51. The molecule has 2 aliphatic heterocycles. The number of rotatable bonds is 2. The van der Waals surface area contributed by atoms with Gasteiger partial charge in [0.2, 0.25) is 5.91 Å². The molecule has 1 fully saturated rings. The summed E-state index contributed by atoms with van der Waals surface area (Å²) in [5.41, 5.74) is 1.03. The number of benzene rings is 1. The Balaban J connectivity index is 1.70. The lowest BCUT2D eigenvalue weighted by atomic mass is 9.91. The molecule has 1 atom stereocenters. The molecule has 2 heterocycles. The zero-order chi connectivity index (χ0) is 13.1. The smallest absolute Gasteiger partial charge is 0.228 e. The summed E-state index contributed by atoms with van der Waals surface area (Å²) in [6.07, 6.45) is 2.82. The van der Waals surface area contributed by atoms with Crippen molar-refractivity contribution < 1.29 is 9.53 Å². The van der Waals surface area contributed by atoms with Gasteiger partial charge in [-0.25, -0.2) is 0 Å². The number of para-hydroxylation sites is 1. The number of piperidine rings is 1. The van der Waals surface area contributed by atoms with E-state index in [1.807, 2.05) is 24.3 Å². The number of amides is 1. The van der Waals surface area contributed by atoms with Crippen LogP contribution in [0.3, 0.4) is 0 Å². The maximum Gasteiger partial charge on any atom is 0.228 e. The first-order valence-electron chi connectivity index (χ1n) is 7.07. The molecule has 1 saturated heterocycles. The third-order valence-electron chi connectivity index (χ3n) is 3.96. The van der Waals surface area contributed by atoms with Crippen LogP contribution < -0.4 is 15.4 Å². The van der Waals surface area contributed by atoms with Crippen LogP contribution >= 0.6 is 0 Å². The molecule has 19 heavy (non-hydrogen) atoms. The highest BCUT2D eigenvalue weighted by Gasteiger charge is 2.28. The van der Waals surface area contributed by atoms with Gasteiger partial charge >= 0.3 is 0 Å². The largest absolute Gasteiger partial charge is 0.493 e. The predicted octanol–water partition coefficient (Wildman–Crippen LogP) is 1.42. The van der Waals surface area contributed by atoms with Gasteiger partial charge in [0.1, 0.15) is 5.75 Å². The Kier molecular flexibility index (Phi) is 3.69. The van der Waals surface area contributed by atoms with Crippen molar-refractivity contribution in [3.8, 4) is 5.75 Å². The van der Waals surface area contributed by atoms with E-state index < -0.39 is 0 Å². The molecule has 3 rings (SSSR count). The minimum Gasteiger partial charge on any atom is -0.493 e. The lowest BCUT2D eigenvalue weighted by Crippen LogP contribution is -2.45. The van der Waals surface area contributed by atoms with Crippen molar-refractivity contribution in [2.24, 2.45) is 0 Å². The molecule has 0 bridgehead atoms. The molecule has 4 nitrogen and oxygen atoms in total. The minimum atomic E-state index is -0.0557. The van der Waals surface area contributed by atoms with Gasteiger partial charge in [0.15, 0.2) is 0 Å². The van der Waals surface area contributed by atoms with E-state index in [0.29, 0.717) is 12.6 Å². The Hall–Kier alpha value is -1.55. The van der Waals surface area contributed by atoms with Crippen molar-refractivity contribution in [3.63, 3.8) is 0 Å². The van der Waals surface area contributed by atoms with Crippen LogP contribution in [0, 0.1) is 0 Å². The summed E-state index contributed by atoms with van der Waals surface area (Å²) < 4.78 is 5.60. The fourth-order valence-electron chi connectivity index (χ4n) is 2.88. The highest BCUT2D eigenvalue weighted by atomic mass is 16.5. The zero-order valence-corrected chi connectivity index (χ0v) is 11.0. The molecule has 2 aliphatic rings. The second-order valence-corrected chi connectivity index (χ2v) is 5.26. The van der Waals surface area contributed by atoms with Crippen LogP contribution in [0.25, 0.3) is 0 Å². The number of fused-ring (bicyclic) bond motifs is 1. The van der Waals surface area contributed by atoms with E-state index >= 15 is 0 Å². The Morgan fingerprint density at radius 1 is 1.21 bits per heavy atom. The Labute approximate surface area is 113 Å². The molecule has 102 valence electrons. The van der Waals surface area contributed by atoms with Gasteiger partial charge < -0.3 is 15.4 Å². The highest BCUT2D eigenvalue weighted by Crippen LogP contribution is 2.33. The normalized spacial score (nSPS) is 23.3. The molecule has 1 aromatic carbocycles. The van der Waals surface area contributed by atoms with Gasteiger partial charge in [0.25, 0.3) is 0 Å². The van der Waals surface area contributed by atoms with Gasteiger partial charge in [-0.2, -0.15) is 0 Å². The lowest BCUT2D eigenvalue weighted by Gasteiger charge is -2.29. The number of carbonyl (C=O) groups excluding carboxylic acids is 1. The van der Waals surface area contributed by atoms with Gasteiger partial charge in [0, 0.05) is 11.6 Å². The average molecular weight is 260 g/mol. The van der Waals surface area contributed by atoms with Gasteiger partial charge in [-0.3, -0.25) is 4.79 Å². The third kappa shape index (κ3) is 2.73. The van der Waals surface area contributed by atoms with Crippen LogP contribution in [0.2, 0.25) is 0 Å². The van der Waals surface area contributed by atoms with E-state index in [1.165, 1.54) is 0 Å². The maximum absolute atomic E-state index is 12.4. The summed E-state index contributed by atoms with van der Waals surface area (Å²) in [6.45, 7) is 2.62. The number of hydrogen-bond acceptors (Lipinski definition) is 3. The summed E-state index contributed by atoms with van der Waals surface area (Å²) in [5.74, 6) is 0.960. The molecule has 0 spiro atoms. The molecule has 1 aromatic rings. The number of carbonyl (C=O) groups is 1. The summed E-state index contributed by atoms with van der Waals surface area (Å²) >= 11 is 0. The quantitative estimate of drug-likeness (QED) is 0.845. The van der Waals surface area contributed by atoms with Crippen molar-refractivity contribution in [2.75, 3.05) is 19.7 Å². The summed E-state index contributed by atoms with van der Waals surface area (Å²) in [4.78, 5) is 12.4. The van der Waals surface area contributed by atoms with Crippen LogP contribution in [0.5, 0.6) is 5.75 Å². The average Bonchev–Trinajstić information content (AvgIpc) is 2.47. The van der Waals surface area contributed by atoms with Gasteiger partial charge in [-0.15, -0.1) is 0 Å². The van der Waals surface area contributed by atoms with Crippen molar-refractivity contribution in [3.05, 3.63) is 29.8 Å². The molecule has 1 unspecified atom stereocenters. The number of hydrogen-bond donors (Lipinski definition) is 2. The SMILES string of the molecule is O=C(NC1CCNCC1)C1CCOc2ccccc21. The molecule has 2 N–H and O–H groups in total. The minimum absolute atomic E-state index is 0.0557. The first-order valence-corrected chi connectivity index (χ1v) is 7.07. The molecule has 0 saturated carbocycles. The van der Waals surface area contributed by atoms with Gasteiger partial charge in [-0.05, 0) is 38.4 Å². The summed E-state index contributed by atoms with van der Waals surface area (Å²) in [7, 11) is 0. The Bertz CT molecular complexity index is 455. The molecule has 0 aromatic heterocycles. The van der Waals surface area contributed by atoms with E-state index in [4.69, 9.17) is 4.74 Å². The first kappa shape index (κ1) is 12.5. The van der Waals surface area contributed by atoms with Crippen molar-refractivity contribution in [1.29, 1.82) is 0 Å². The fourth-order valence-corrected chi connectivity index (χ4v) is 2.88. The van der Waals surface area contributed by atoms with Crippen molar-refractivity contribution in [2.45, 2.75) is 31.2 Å². The maximum atomic E-state index is 12.4. The number of nitrogens with one attached hydrogen (secondary N) is 2. The standard InChI is InChI=1S/C15H20N2O2/c18-15(17-11-5-8-16-9-6-11)13-7-10-19-14-4-2-1-3-12(13)14/h1-4,11,13,16H,5-10H2,(H,17,18). The van der Waals surface area contributed by atoms with E-state index in [0.717, 1.165) is 43.7 Å². The van der Waals surface area contributed by atoms with E-state index in [9.17, 15) is 4.79 Å². The fraction of sp³-hybridized carbons (Fsp3) is 0.533. The van der Waals surface area contributed by atoms with Crippen LogP contribution in [-0.4, -0.2) is 31.6 Å². The van der Waals surface area contributed by atoms with Crippen LogP contribution in [0.1, 0.15) is 30.7 Å². The van der Waals surface area contributed by atoms with Crippen LogP contribution in [-0.2, 0) is 4.79 Å². The van der Waals surface area contributed by atoms with Gasteiger partial charge in [-0.1, -0.05) is 18.2 Å².